The Labute approximate surface area is 125 Å². The molecule has 2 aliphatic rings. The van der Waals surface area contributed by atoms with Crippen molar-refractivity contribution in [3.05, 3.63) is 25.3 Å². The molecule has 1 unspecified atom stereocenters. The molecule has 1 atom stereocenters. The van der Waals surface area contributed by atoms with Gasteiger partial charge in [-0.2, -0.15) is 0 Å². The second kappa shape index (κ2) is 8.02. The summed E-state index contributed by atoms with van der Waals surface area (Å²) in [6.45, 7) is 7.98. The predicted molar refractivity (Wildman–Crippen MR) is 86.7 cm³/mol. The number of allylic oxidation sites excluding steroid dienone is 2. The molecule has 20 heavy (non-hydrogen) atoms. The summed E-state index contributed by atoms with van der Waals surface area (Å²) in [5.74, 6) is 3.48. The fourth-order valence-electron chi connectivity index (χ4n) is 4.52. The molecule has 0 aromatic heterocycles. The van der Waals surface area contributed by atoms with E-state index in [9.17, 15) is 0 Å². The Bertz CT molecular complexity index is 293. The van der Waals surface area contributed by atoms with Gasteiger partial charge in [-0.3, -0.25) is 0 Å². The van der Waals surface area contributed by atoms with Crippen LogP contribution in [0.1, 0.15) is 57.8 Å². The van der Waals surface area contributed by atoms with Gasteiger partial charge in [0.05, 0.1) is 6.10 Å². The maximum atomic E-state index is 5.52. The van der Waals surface area contributed by atoms with Gasteiger partial charge in [0.15, 0.2) is 0 Å². The maximum Gasteiger partial charge on any atom is 0.0571 e. The van der Waals surface area contributed by atoms with Gasteiger partial charge in [-0.05, 0) is 81.5 Å². The summed E-state index contributed by atoms with van der Waals surface area (Å²) in [6.07, 6.45) is 16.8. The van der Waals surface area contributed by atoms with E-state index in [4.69, 9.17) is 4.74 Å². The van der Waals surface area contributed by atoms with E-state index in [-0.39, 0.29) is 0 Å². The molecule has 0 amide bonds. The van der Waals surface area contributed by atoms with Gasteiger partial charge in [0, 0.05) is 7.11 Å². The van der Waals surface area contributed by atoms with Gasteiger partial charge in [0.25, 0.3) is 0 Å². The first-order chi connectivity index (χ1) is 9.78. The van der Waals surface area contributed by atoms with Crippen LogP contribution in [0.15, 0.2) is 25.3 Å². The Morgan fingerprint density at radius 1 is 0.950 bits per heavy atom. The van der Waals surface area contributed by atoms with Crippen molar-refractivity contribution in [1.29, 1.82) is 0 Å². The van der Waals surface area contributed by atoms with Crippen LogP contribution in [0.25, 0.3) is 0 Å². The van der Waals surface area contributed by atoms with Crippen LogP contribution in [0.3, 0.4) is 0 Å². The first kappa shape index (κ1) is 15.8. The van der Waals surface area contributed by atoms with Gasteiger partial charge >= 0.3 is 0 Å². The zero-order chi connectivity index (χ0) is 14.4. The Hall–Kier alpha value is -0.560. The molecule has 2 rings (SSSR count). The lowest BCUT2D eigenvalue weighted by molar-refractivity contribution is 0.0342. The number of ether oxygens (including phenoxy) is 1. The molecule has 114 valence electrons. The molecule has 0 saturated heterocycles. The van der Waals surface area contributed by atoms with Crippen LogP contribution >= 0.6 is 0 Å². The Morgan fingerprint density at radius 2 is 1.50 bits per heavy atom. The van der Waals surface area contributed by atoms with Gasteiger partial charge in [0.2, 0.25) is 0 Å². The fraction of sp³-hybridized carbons (Fsp3) is 0.789. The van der Waals surface area contributed by atoms with Crippen LogP contribution < -0.4 is 0 Å². The molecule has 0 aromatic carbocycles. The van der Waals surface area contributed by atoms with Gasteiger partial charge in [-0.15, -0.1) is 13.2 Å². The van der Waals surface area contributed by atoms with Crippen LogP contribution in [0.4, 0.5) is 0 Å². The van der Waals surface area contributed by atoms with Crippen molar-refractivity contribution in [2.45, 2.75) is 63.9 Å². The normalized spacial score (nSPS) is 36.2. The number of rotatable bonds is 6. The molecular weight excluding hydrogens is 244 g/mol. The van der Waals surface area contributed by atoms with Crippen LogP contribution in [-0.4, -0.2) is 13.2 Å². The molecule has 2 saturated carbocycles. The highest BCUT2D eigenvalue weighted by atomic mass is 16.5. The SMILES string of the molecule is C=CCC(C1CCC(C=C)CC1)C1CCC(OC)CC1. The van der Waals surface area contributed by atoms with Crippen molar-refractivity contribution in [2.24, 2.45) is 23.7 Å². The lowest BCUT2D eigenvalue weighted by atomic mass is 9.66. The summed E-state index contributed by atoms with van der Waals surface area (Å²) in [7, 11) is 1.86. The van der Waals surface area contributed by atoms with E-state index < -0.39 is 0 Å². The summed E-state index contributed by atoms with van der Waals surface area (Å²) in [5, 5.41) is 0. The third-order valence-corrected chi connectivity index (χ3v) is 5.85. The standard InChI is InChI=1S/C19H32O/c1-4-6-19(16-9-7-15(5-2)8-10-16)17-11-13-18(20-3)14-12-17/h4-5,15-19H,1-2,6-14H2,3H3. The van der Waals surface area contributed by atoms with E-state index in [1.165, 1.54) is 57.8 Å². The van der Waals surface area contributed by atoms with Crippen LogP contribution in [0, 0.1) is 23.7 Å². The summed E-state index contributed by atoms with van der Waals surface area (Å²) >= 11 is 0. The first-order valence-electron chi connectivity index (χ1n) is 8.54. The first-order valence-corrected chi connectivity index (χ1v) is 8.54. The predicted octanol–water partition coefficient (Wildman–Crippen LogP) is 5.38. The zero-order valence-corrected chi connectivity index (χ0v) is 13.2. The number of hydrogen-bond acceptors (Lipinski definition) is 1. The van der Waals surface area contributed by atoms with E-state index >= 15 is 0 Å². The summed E-state index contributed by atoms with van der Waals surface area (Å²) in [6, 6.07) is 0. The smallest absolute Gasteiger partial charge is 0.0571 e. The highest BCUT2D eigenvalue weighted by molar-refractivity contribution is 4.91. The summed E-state index contributed by atoms with van der Waals surface area (Å²) in [4.78, 5) is 0. The number of methoxy groups -OCH3 is 1. The molecule has 0 aromatic rings. The van der Waals surface area contributed by atoms with E-state index in [2.05, 4.69) is 25.3 Å². The average Bonchev–Trinajstić information content (AvgIpc) is 2.53. The maximum absolute atomic E-state index is 5.52. The van der Waals surface area contributed by atoms with E-state index in [0.29, 0.717) is 6.10 Å². The third-order valence-electron chi connectivity index (χ3n) is 5.85. The molecule has 0 radical (unpaired) electrons. The fourth-order valence-corrected chi connectivity index (χ4v) is 4.52. The van der Waals surface area contributed by atoms with Crippen LogP contribution in [0.2, 0.25) is 0 Å². The topological polar surface area (TPSA) is 9.23 Å². The lowest BCUT2D eigenvalue weighted by Gasteiger charge is -2.40. The summed E-state index contributed by atoms with van der Waals surface area (Å²) < 4.78 is 5.52. The molecule has 0 aliphatic heterocycles. The minimum Gasteiger partial charge on any atom is -0.381 e. The van der Waals surface area contributed by atoms with Crippen molar-refractivity contribution in [1.82, 2.24) is 0 Å². The third kappa shape index (κ3) is 3.97. The zero-order valence-electron chi connectivity index (χ0n) is 13.2. The molecule has 1 nitrogen and oxygen atoms in total. The molecule has 2 aliphatic carbocycles. The molecule has 0 spiro atoms. The van der Waals surface area contributed by atoms with E-state index in [1.807, 2.05) is 7.11 Å². The minimum atomic E-state index is 0.520. The average molecular weight is 276 g/mol. The minimum absolute atomic E-state index is 0.520. The quantitative estimate of drug-likeness (QED) is 0.592. The molecule has 0 heterocycles. The Balaban J connectivity index is 1.90. The van der Waals surface area contributed by atoms with Gasteiger partial charge in [-0.25, -0.2) is 0 Å². The van der Waals surface area contributed by atoms with Crippen LogP contribution in [-0.2, 0) is 4.74 Å². The second-order valence-corrected chi connectivity index (χ2v) is 6.87. The van der Waals surface area contributed by atoms with Crippen molar-refractivity contribution in [3.63, 3.8) is 0 Å². The monoisotopic (exact) mass is 276 g/mol. The highest BCUT2D eigenvalue weighted by Gasteiger charge is 2.33. The van der Waals surface area contributed by atoms with E-state index in [1.54, 1.807) is 0 Å². The van der Waals surface area contributed by atoms with Gasteiger partial charge in [0.1, 0.15) is 0 Å². The van der Waals surface area contributed by atoms with Crippen molar-refractivity contribution < 1.29 is 4.74 Å². The molecule has 1 heteroatoms. The van der Waals surface area contributed by atoms with Crippen molar-refractivity contribution in [2.75, 3.05) is 7.11 Å². The molecule has 2 fully saturated rings. The van der Waals surface area contributed by atoms with Gasteiger partial charge in [-0.1, -0.05) is 12.2 Å². The Morgan fingerprint density at radius 3 is 1.95 bits per heavy atom. The largest absolute Gasteiger partial charge is 0.381 e. The van der Waals surface area contributed by atoms with Crippen molar-refractivity contribution in [3.8, 4) is 0 Å². The Kier molecular flexibility index (Phi) is 6.35. The molecular formula is C19H32O. The molecule has 0 bridgehead atoms. The second-order valence-electron chi connectivity index (χ2n) is 6.87. The lowest BCUT2D eigenvalue weighted by Crippen LogP contribution is -2.31. The van der Waals surface area contributed by atoms with Crippen molar-refractivity contribution >= 4 is 0 Å². The van der Waals surface area contributed by atoms with Crippen LogP contribution in [0.5, 0.6) is 0 Å². The summed E-state index contributed by atoms with van der Waals surface area (Å²) in [5.41, 5.74) is 0. The van der Waals surface area contributed by atoms with E-state index in [0.717, 1.165) is 23.7 Å². The highest BCUT2D eigenvalue weighted by Crippen LogP contribution is 2.43. The molecule has 0 N–H and O–H groups in total. The number of hydrogen-bond donors (Lipinski definition) is 0. The van der Waals surface area contributed by atoms with Gasteiger partial charge < -0.3 is 4.74 Å².